The molecule has 2 aromatic heterocycles. The second-order valence-corrected chi connectivity index (χ2v) is 5.93. The molecule has 0 aromatic carbocycles. The van der Waals surface area contributed by atoms with Gasteiger partial charge >= 0.3 is 0 Å². The fourth-order valence-electron chi connectivity index (χ4n) is 2.97. The molecular formula is C16H22N6O. The van der Waals surface area contributed by atoms with Gasteiger partial charge < -0.3 is 5.73 Å². The number of piperazine rings is 1. The molecule has 1 amide bonds. The Morgan fingerprint density at radius 1 is 1.17 bits per heavy atom. The zero-order chi connectivity index (χ0) is 16.2. The van der Waals surface area contributed by atoms with E-state index < -0.39 is 0 Å². The zero-order valence-electron chi connectivity index (χ0n) is 13.4. The minimum atomic E-state index is -0.259. The molecule has 0 atom stereocenters. The second-order valence-electron chi connectivity index (χ2n) is 5.93. The predicted octanol–water partition coefficient (Wildman–Crippen LogP) is 0.0850. The van der Waals surface area contributed by atoms with Gasteiger partial charge in [0.05, 0.1) is 12.2 Å². The van der Waals surface area contributed by atoms with Gasteiger partial charge in [-0.25, -0.2) is 0 Å². The number of hydrogen-bond donors (Lipinski definition) is 1. The molecule has 0 bridgehead atoms. The number of amides is 1. The van der Waals surface area contributed by atoms with Crippen molar-refractivity contribution in [1.82, 2.24) is 24.6 Å². The van der Waals surface area contributed by atoms with E-state index >= 15 is 0 Å². The van der Waals surface area contributed by atoms with Gasteiger partial charge in [-0.3, -0.25) is 24.3 Å². The average molecular weight is 314 g/mol. The first-order valence-corrected chi connectivity index (χ1v) is 7.78. The van der Waals surface area contributed by atoms with E-state index in [1.54, 1.807) is 12.4 Å². The lowest BCUT2D eigenvalue weighted by molar-refractivity contribution is -0.119. The lowest BCUT2D eigenvalue weighted by Gasteiger charge is -2.33. The van der Waals surface area contributed by atoms with Crippen molar-refractivity contribution >= 4 is 5.91 Å². The summed E-state index contributed by atoms with van der Waals surface area (Å²) in [6.45, 7) is 4.80. The van der Waals surface area contributed by atoms with E-state index in [0.29, 0.717) is 6.54 Å². The number of pyridine rings is 1. The Morgan fingerprint density at radius 2 is 1.83 bits per heavy atom. The highest BCUT2D eigenvalue weighted by atomic mass is 16.1. The normalized spacial score (nSPS) is 16.6. The Morgan fingerprint density at radius 3 is 2.48 bits per heavy atom. The van der Waals surface area contributed by atoms with E-state index in [1.807, 2.05) is 23.9 Å². The largest absolute Gasteiger partial charge is 0.369 e. The van der Waals surface area contributed by atoms with Gasteiger partial charge in [0, 0.05) is 69.5 Å². The van der Waals surface area contributed by atoms with Gasteiger partial charge in [-0.1, -0.05) is 0 Å². The monoisotopic (exact) mass is 314 g/mol. The summed E-state index contributed by atoms with van der Waals surface area (Å²) in [4.78, 5) is 19.6. The minimum absolute atomic E-state index is 0.259. The highest BCUT2D eigenvalue weighted by Crippen LogP contribution is 2.22. The third-order valence-corrected chi connectivity index (χ3v) is 4.10. The molecule has 1 fully saturated rings. The molecule has 1 aliphatic rings. The molecule has 7 nitrogen and oxygen atoms in total. The van der Waals surface area contributed by atoms with E-state index in [0.717, 1.165) is 44.0 Å². The molecule has 0 saturated carbocycles. The number of aryl methyl sites for hydroxylation is 1. The Balaban J connectivity index is 1.67. The van der Waals surface area contributed by atoms with Gasteiger partial charge in [0.25, 0.3) is 0 Å². The lowest BCUT2D eigenvalue weighted by atomic mass is 10.1. The number of nitrogens with zero attached hydrogens (tertiary/aromatic N) is 5. The Bertz CT molecular complexity index is 660. The maximum absolute atomic E-state index is 11.0. The van der Waals surface area contributed by atoms with E-state index in [2.05, 4.69) is 26.1 Å². The van der Waals surface area contributed by atoms with Crippen molar-refractivity contribution < 1.29 is 4.79 Å². The average Bonchev–Trinajstić information content (AvgIpc) is 2.90. The molecule has 2 aromatic rings. The highest BCUT2D eigenvalue weighted by molar-refractivity contribution is 5.75. The van der Waals surface area contributed by atoms with Gasteiger partial charge in [-0.15, -0.1) is 0 Å². The summed E-state index contributed by atoms with van der Waals surface area (Å²) in [5.74, 6) is -0.259. The van der Waals surface area contributed by atoms with Gasteiger partial charge in [-0.05, 0) is 12.1 Å². The van der Waals surface area contributed by atoms with Crippen LogP contribution in [0, 0.1) is 0 Å². The van der Waals surface area contributed by atoms with E-state index in [4.69, 9.17) is 5.73 Å². The number of hydrogen-bond acceptors (Lipinski definition) is 5. The summed E-state index contributed by atoms with van der Waals surface area (Å²) in [6.07, 6.45) is 5.65. The minimum Gasteiger partial charge on any atom is -0.369 e. The SMILES string of the molecule is Cn1cc(CN2CCN(CC(N)=O)CC2)c(-c2ccncc2)n1. The molecule has 0 aliphatic carbocycles. The number of aromatic nitrogens is 3. The number of carbonyl (C=O) groups is 1. The van der Waals surface area contributed by atoms with Gasteiger partial charge in [0.2, 0.25) is 5.91 Å². The first kappa shape index (κ1) is 15.6. The summed E-state index contributed by atoms with van der Waals surface area (Å²) < 4.78 is 1.86. The Labute approximate surface area is 135 Å². The molecule has 0 unspecified atom stereocenters. The summed E-state index contributed by atoms with van der Waals surface area (Å²) in [6, 6.07) is 3.97. The topological polar surface area (TPSA) is 80.3 Å². The van der Waals surface area contributed by atoms with Gasteiger partial charge in [0.1, 0.15) is 0 Å². The smallest absolute Gasteiger partial charge is 0.231 e. The molecule has 0 radical (unpaired) electrons. The van der Waals surface area contributed by atoms with Crippen LogP contribution in [-0.4, -0.2) is 63.2 Å². The number of nitrogens with two attached hydrogens (primary N) is 1. The fourth-order valence-corrected chi connectivity index (χ4v) is 2.97. The van der Waals surface area contributed by atoms with Crippen LogP contribution in [0.1, 0.15) is 5.56 Å². The van der Waals surface area contributed by atoms with Crippen molar-refractivity contribution in [1.29, 1.82) is 0 Å². The molecule has 1 saturated heterocycles. The number of carbonyl (C=O) groups excluding carboxylic acids is 1. The highest BCUT2D eigenvalue weighted by Gasteiger charge is 2.20. The second kappa shape index (κ2) is 6.89. The van der Waals surface area contributed by atoms with Crippen LogP contribution in [0.2, 0.25) is 0 Å². The van der Waals surface area contributed by atoms with Crippen LogP contribution in [0.15, 0.2) is 30.7 Å². The first-order chi connectivity index (χ1) is 11.1. The standard InChI is InChI=1S/C16H22N6O/c1-20-10-14(16(19-20)13-2-4-18-5-3-13)11-21-6-8-22(9-7-21)12-15(17)23/h2-5,10H,6-9,11-12H2,1H3,(H2,17,23). The summed E-state index contributed by atoms with van der Waals surface area (Å²) in [7, 11) is 1.94. The van der Waals surface area contributed by atoms with Crippen LogP contribution in [0.5, 0.6) is 0 Å². The van der Waals surface area contributed by atoms with Crippen molar-refractivity contribution in [2.45, 2.75) is 6.54 Å². The molecular weight excluding hydrogens is 292 g/mol. The van der Waals surface area contributed by atoms with Crippen LogP contribution in [0.4, 0.5) is 0 Å². The summed E-state index contributed by atoms with van der Waals surface area (Å²) in [5, 5.41) is 4.59. The molecule has 2 N–H and O–H groups in total. The fraction of sp³-hybridized carbons (Fsp3) is 0.438. The predicted molar refractivity (Wildman–Crippen MR) is 87.4 cm³/mol. The molecule has 3 heterocycles. The third-order valence-electron chi connectivity index (χ3n) is 4.10. The van der Waals surface area contributed by atoms with Crippen LogP contribution >= 0.6 is 0 Å². The van der Waals surface area contributed by atoms with Crippen molar-refractivity contribution in [3.63, 3.8) is 0 Å². The molecule has 3 rings (SSSR count). The van der Waals surface area contributed by atoms with Crippen molar-refractivity contribution in [3.05, 3.63) is 36.3 Å². The molecule has 1 aliphatic heterocycles. The van der Waals surface area contributed by atoms with Crippen LogP contribution in [-0.2, 0) is 18.4 Å². The number of primary amides is 1. The third kappa shape index (κ3) is 3.94. The Hall–Kier alpha value is -2.25. The van der Waals surface area contributed by atoms with Crippen molar-refractivity contribution in [2.75, 3.05) is 32.7 Å². The molecule has 122 valence electrons. The van der Waals surface area contributed by atoms with Crippen LogP contribution in [0.25, 0.3) is 11.3 Å². The Kier molecular flexibility index (Phi) is 4.68. The van der Waals surface area contributed by atoms with E-state index in [9.17, 15) is 4.79 Å². The van der Waals surface area contributed by atoms with Gasteiger partial charge in [0.15, 0.2) is 0 Å². The maximum Gasteiger partial charge on any atom is 0.231 e. The van der Waals surface area contributed by atoms with E-state index in [1.165, 1.54) is 5.56 Å². The quantitative estimate of drug-likeness (QED) is 0.846. The van der Waals surface area contributed by atoms with E-state index in [-0.39, 0.29) is 5.91 Å². The summed E-state index contributed by atoms with van der Waals surface area (Å²) >= 11 is 0. The van der Waals surface area contributed by atoms with Crippen molar-refractivity contribution in [3.8, 4) is 11.3 Å². The van der Waals surface area contributed by atoms with Crippen LogP contribution < -0.4 is 5.73 Å². The van der Waals surface area contributed by atoms with Gasteiger partial charge in [-0.2, -0.15) is 5.10 Å². The molecule has 0 spiro atoms. The number of rotatable bonds is 5. The molecule has 23 heavy (non-hydrogen) atoms. The molecule has 7 heteroatoms. The zero-order valence-corrected chi connectivity index (χ0v) is 13.4. The first-order valence-electron chi connectivity index (χ1n) is 7.78. The van der Waals surface area contributed by atoms with Crippen molar-refractivity contribution in [2.24, 2.45) is 12.8 Å². The maximum atomic E-state index is 11.0. The summed E-state index contributed by atoms with van der Waals surface area (Å²) in [5.41, 5.74) is 8.56. The lowest BCUT2D eigenvalue weighted by Crippen LogP contribution is -2.48. The van der Waals surface area contributed by atoms with Crippen LogP contribution in [0.3, 0.4) is 0 Å².